The van der Waals surface area contributed by atoms with Gasteiger partial charge in [0.1, 0.15) is 6.29 Å². The highest BCUT2D eigenvalue weighted by Crippen LogP contribution is 2.32. The number of thioether (sulfide) groups is 1. The standard InChI is InChI=1S/C11H12OS/c12-7-9-2-1-3-10(6-9)11-4-5-13-8-11/h1-3,6-7,11H,4-5,8H2. The van der Waals surface area contributed by atoms with Gasteiger partial charge in [-0.15, -0.1) is 0 Å². The fraction of sp³-hybridized carbons (Fsp3) is 0.364. The zero-order chi connectivity index (χ0) is 9.10. The van der Waals surface area contributed by atoms with Crippen molar-refractivity contribution in [3.63, 3.8) is 0 Å². The summed E-state index contributed by atoms with van der Waals surface area (Å²) in [6, 6.07) is 7.98. The van der Waals surface area contributed by atoms with Gasteiger partial charge in [0.25, 0.3) is 0 Å². The van der Waals surface area contributed by atoms with E-state index >= 15 is 0 Å². The molecule has 1 aliphatic rings. The molecule has 1 aromatic rings. The topological polar surface area (TPSA) is 17.1 Å². The number of benzene rings is 1. The van der Waals surface area contributed by atoms with Gasteiger partial charge in [-0.3, -0.25) is 4.79 Å². The van der Waals surface area contributed by atoms with Gasteiger partial charge in [-0.05, 0) is 29.7 Å². The minimum Gasteiger partial charge on any atom is -0.298 e. The molecule has 1 aliphatic heterocycles. The summed E-state index contributed by atoms with van der Waals surface area (Å²) in [5.41, 5.74) is 2.13. The number of carbonyl (C=O) groups is 1. The number of hydrogen-bond donors (Lipinski definition) is 0. The van der Waals surface area contributed by atoms with Gasteiger partial charge in [0, 0.05) is 11.3 Å². The van der Waals surface area contributed by atoms with E-state index in [1.165, 1.54) is 23.5 Å². The average molecular weight is 192 g/mol. The third kappa shape index (κ3) is 1.94. The van der Waals surface area contributed by atoms with Crippen LogP contribution in [0.4, 0.5) is 0 Å². The minimum atomic E-state index is 0.671. The van der Waals surface area contributed by atoms with Gasteiger partial charge in [-0.2, -0.15) is 11.8 Å². The Hall–Kier alpha value is -0.760. The van der Waals surface area contributed by atoms with Gasteiger partial charge in [0.2, 0.25) is 0 Å². The first kappa shape index (κ1) is 8.82. The summed E-state index contributed by atoms with van der Waals surface area (Å²) >= 11 is 2.00. The predicted octanol–water partition coefficient (Wildman–Crippen LogP) is 2.72. The molecule has 1 heterocycles. The molecule has 0 aliphatic carbocycles. The van der Waals surface area contributed by atoms with Gasteiger partial charge < -0.3 is 0 Å². The van der Waals surface area contributed by atoms with Gasteiger partial charge in [-0.1, -0.05) is 18.2 Å². The number of aldehydes is 1. The normalized spacial score (nSPS) is 21.7. The van der Waals surface area contributed by atoms with E-state index in [1.54, 1.807) is 0 Å². The van der Waals surface area contributed by atoms with E-state index in [-0.39, 0.29) is 0 Å². The van der Waals surface area contributed by atoms with Crippen molar-refractivity contribution in [1.29, 1.82) is 0 Å². The van der Waals surface area contributed by atoms with Gasteiger partial charge in [-0.25, -0.2) is 0 Å². The second-order valence-corrected chi connectivity index (χ2v) is 4.50. The highest BCUT2D eigenvalue weighted by molar-refractivity contribution is 7.99. The molecule has 13 heavy (non-hydrogen) atoms. The Balaban J connectivity index is 2.23. The van der Waals surface area contributed by atoms with Crippen molar-refractivity contribution in [2.75, 3.05) is 11.5 Å². The van der Waals surface area contributed by atoms with Crippen LogP contribution >= 0.6 is 11.8 Å². The van der Waals surface area contributed by atoms with E-state index in [4.69, 9.17) is 0 Å². The molecule has 1 nitrogen and oxygen atoms in total. The Morgan fingerprint density at radius 2 is 2.38 bits per heavy atom. The highest BCUT2D eigenvalue weighted by Gasteiger charge is 2.17. The fourth-order valence-corrected chi connectivity index (χ4v) is 2.95. The van der Waals surface area contributed by atoms with Crippen LogP contribution in [0.15, 0.2) is 24.3 Å². The van der Waals surface area contributed by atoms with Crippen molar-refractivity contribution >= 4 is 18.0 Å². The summed E-state index contributed by atoms with van der Waals surface area (Å²) in [5, 5.41) is 0. The van der Waals surface area contributed by atoms with E-state index in [0.29, 0.717) is 5.92 Å². The van der Waals surface area contributed by atoms with Crippen molar-refractivity contribution in [1.82, 2.24) is 0 Å². The molecule has 2 heteroatoms. The predicted molar refractivity (Wildman–Crippen MR) is 56.5 cm³/mol. The molecule has 0 N–H and O–H groups in total. The van der Waals surface area contributed by atoms with Crippen LogP contribution in [-0.2, 0) is 0 Å². The van der Waals surface area contributed by atoms with Gasteiger partial charge in [0.15, 0.2) is 0 Å². The minimum absolute atomic E-state index is 0.671. The Kier molecular flexibility index (Phi) is 2.69. The summed E-state index contributed by atoms with van der Waals surface area (Å²) in [5.74, 6) is 3.14. The maximum absolute atomic E-state index is 10.6. The quantitative estimate of drug-likeness (QED) is 0.670. The summed E-state index contributed by atoms with van der Waals surface area (Å²) in [6.45, 7) is 0. The average Bonchev–Trinajstić information content (AvgIpc) is 2.71. The van der Waals surface area contributed by atoms with Crippen LogP contribution in [0.1, 0.15) is 28.3 Å². The van der Waals surface area contributed by atoms with Crippen LogP contribution in [0.25, 0.3) is 0 Å². The summed E-state index contributed by atoms with van der Waals surface area (Å²) < 4.78 is 0. The number of carbonyl (C=O) groups excluding carboxylic acids is 1. The molecule has 0 radical (unpaired) electrons. The van der Waals surface area contributed by atoms with Crippen LogP contribution in [0.3, 0.4) is 0 Å². The summed E-state index contributed by atoms with van der Waals surface area (Å²) in [6.07, 6.45) is 2.18. The molecule has 1 atom stereocenters. The molecule has 0 aromatic heterocycles. The van der Waals surface area contributed by atoms with Crippen molar-refractivity contribution in [3.8, 4) is 0 Å². The molecule has 68 valence electrons. The smallest absolute Gasteiger partial charge is 0.150 e. The van der Waals surface area contributed by atoms with Crippen LogP contribution in [-0.4, -0.2) is 17.8 Å². The summed E-state index contributed by atoms with van der Waals surface area (Å²) in [4.78, 5) is 10.6. The van der Waals surface area contributed by atoms with E-state index in [1.807, 2.05) is 30.0 Å². The van der Waals surface area contributed by atoms with Crippen molar-refractivity contribution < 1.29 is 4.79 Å². The Morgan fingerprint density at radius 1 is 1.46 bits per heavy atom. The highest BCUT2D eigenvalue weighted by atomic mass is 32.2. The fourth-order valence-electron chi connectivity index (χ4n) is 1.68. The van der Waals surface area contributed by atoms with Crippen molar-refractivity contribution in [3.05, 3.63) is 35.4 Å². The molecule has 2 rings (SSSR count). The van der Waals surface area contributed by atoms with Gasteiger partial charge >= 0.3 is 0 Å². The second kappa shape index (κ2) is 3.97. The first-order valence-electron chi connectivity index (χ1n) is 4.53. The zero-order valence-electron chi connectivity index (χ0n) is 7.40. The van der Waals surface area contributed by atoms with Gasteiger partial charge in [0.05, 0.1) is 0 Å². The number of hydrogen-bond acceptors (Lipinski definition) is 2. The van der Waals surface area contributed by atoms with E-state index in [0.717, 1.165) is 11.8 Å². The molecule has 1 aromatic carbocycles. The molecule has 0 bridgehead atoms. The number of rotatable bonds is 2. The molecule has 1 fully saturated rings. The largest absolute Gasteiger partial charge is 0.298 e. The Bertz CT molecular complexity index is 303. The van der Waals surface area contributed by atoms with Crippen LogP contribution < -0.4 is 0 Å². The van der Waals surface area contributed by atoms with Crippen LogP contribution in [0.5, 0.6) is 0 Å². The molecule has 1 unspecified atom stereocenters. The molecular weight excluding hydrogens is 180 g/mol. The lowest BCUT2D eigenvalue weighted by Crippen LogP contribution is -1.96. The monoisotopic (exact) mass is 192 g/mol. The van der Waals surface area contributed by atoms with Crippen molar-refractivity contribution in [2.45, 2.75) is 12.3 Å². The second-order valence-electron chi connectivity index (χ2n) is 3.35. The Labute approximate surface area is 82.5 Å². The van der Waals surface area contributed by atoms with E-state index in [9.17, 15) is 4.79 Å². The third-order valence-electron chi connectivity index (χ3n) is 2.45. The SMILES string of the molecule is O=Cc1cccc(C2CCSC2)c1. The first-order valence-corrected chi connectivity index (χ1v) is 5.68. The lowest BCUT2D eigenvalue weighted by Gasteiger charge is -2.08. The van der Waals surface area contributed by atoms with Crippen molar-refractivity contribution in [2.24, 2.45) is 0 Å². The van der Waals surface area contributed by atoms with E-state index in [2.05, 4.69) is 6.07 Å². The van der Waals surface area contributed by atoms with Crippen LogP contribution in [0.2, 0.25) is 0 Å². The molecular formula is C11H12OS. The maximum Gasteiger partial charge on any atom is 0.150 e. The molecule has 1 saturated heterocycles. The third-order valence-corrected chi connectivity index (χ3v) is 3.61. The lowest BCUT2D eigenvalue weighted by molar-refractivity contribution is 0.112. The molecule has 0 amide bonds. The van der Waals surface area contributed by atoms with Crippen LogP contribution in [0, 0.1) is 0 Å². The molecule has 0 spiro atoms. The first-order chi connectivity index (χ1) is 6.40. The Morgan fingerprint density at radius 3 is 3.08 bits per heavy atom. The lowest BCUT2D eigenvalue weighted by atomic mass is 9.97. The van der Waals surface area contributed by atoms with E-state index < -0.39 is 0 Å². The molecule has 0 saturated carbocycles. The maximum atomic E-state index is 10.6. The summed E-state index contributed by atoms with van der Waals surface area (Å²) in [7, 11) is 0. The zero-order valence-corrected chi connectivity index (χ0v) is 8.22.